The highest BCUT2D eigenvalue weighted by Gasteiger charge is 2.32. The van der Waals surface area contributed by atoms with E-state index < -0.39 is 0 Å². The number of piperidine rings is 1. The Bertz CT molecular complexity index is 243. The fourth-order valence-corrected chi connectivity index (χ4v) is 3.75. The van der Waals surface area contributed by atoms with E-state index in [1.165, 1.54) is 51.6 Å². The van der Waals surface area contributed by atoms with Gasteiger partial charge in [-0.15, -0.1) is 0 Å². The third-order valence-electron chi connectivity index (χ3n) is 4.67. The van der Waals surface area contributed by atoms with E-state index in [4.69, 9.17) is 0 Å². The molecule has 0 amide bonds. The summed E-state index contributed by atoms with van der Waals surface area (Å²) in [5.41, 5.74) is 0. The molecule has 2 aliphatic carbocycles. The molecule has 1 heterocycles. The van der Waals surface area contributed by atoms with Gasteiger partial charge in [0.2, 0.25) is 0 Å². The van der Waals surface area contributed by atoms with Crippen LogP contribution in [0.3, 0.4) is 0 Å². The van der Waals surface area contributed by atoms with Gasteiger partial charge < -0.3 is 15.3 Å². The smallest absolute Gasteiger partial charge is 0.0597 e. The van der Waals surface area contributed by atoms with Crippen molar-refractivity contribution in [2.75, 3.05) is 26.2 Å². The van der Waals surface area contributed by atoms with Gasteiger partial charge in [-0.3, -0.25) is 0 Å². The lowest BCUT2D eigenvalue weighted by atomic mass is 9.78. The number of likely N-dealkylation sites (tertiary alicyclic amines) is 1. The Morgan fingerprint density at radius 3 is 2.41 bits per heavy atom. The minimum atomic E-state index is 0.294. The first-order valence-electron chi connectivity index (χ1n) is 7.42. The second-order valence-corrected chi connectivity index (χ2v) is 6.44. The van der Waals surface area contributed by atoms with Crippen molar-refractivity contribution in [3.63, 3.8) is 0 Å². The topological polar surface area (TPSA) is 35.5 Å². The van der Waals surface area contributed by atoms with E-state index in [1.807, 2.05) is 0 Å². The fourth-order valence-electron chi connectivity index (χ4n) is 3.75. The number of nitrogens with one attached hydrogen (secondary N) is 1. The molecule has 3 nitrogen and oxygen atoms in total. The molecule has 1 saturated heterocycles. The number of nitrogens with zero attached hydrogens (tertiary/aromatic N) is 1. The Hall–Kier alpha value is -0.120. The van der Waals surface area contributed by atoms with Gasteiger partial charge in [-0.25, -0.2) is 0 Å². The standard InChI is InChI=1S/C14H26N2O/c17-10-14(15-13-4-5-13)9-16-7-11-2-1-3-12(6-11)8-16/h11-15,17H,1-10H2. The van der Waals surface area contributed by atoms with Crippen LogP contribution in [-0.4, -0.2) is 48.3 Å². The molecule has 3 rings (SSSR count). The van der Waals surface area contributed by atoms with Gasteiger partial charge in [0.1, 0.15) is 0 Å². The molecule has 2 bridgehead atoms. The molecule has 0 radical (unpaired) electrons. The Kier molecular flexibility index (Phi) is 3.69. The molecule has 3 heteroatoms. The summed E-state index contributed by atoms with van der Waals surface area (Å²) in [6.07, 6.45) is 8.41. The van der Waals surface area contributed by atoms with E-state index in [0.717, 1.165) is 18.4 Å². The normalized spacial score (nSPS) is 35.8. The molecule has 3 aliphatic rings. The molecule has 0 spiro atoms. The predicted molar refractivity (Wildman–Crippen MR) is 68.9 cm³/mol. The van der Waals surface area contributed by atoms with Crippen LogP contribution in [0.2, 0.25) is 0 Å². The van der Waals surface area contributed by atoms with Crippen LogP contribution in [0.5, 0.6) is 0 Å². The Morgan fingerprint density at radius 1 is 1.12 bits per heavy atom. The number of aliphatic hydroxyl groups is 1. The van der Waals surface area contributed by atoms with Gasteiger partial charge in [0.05, 0.1) is 6.61 Å². The maximum atomic E-state index is 9.45. The summed E-state index contributed by atoms with van der Waals surface area (Å²) in [4.78, 5) is 2.61. The van der Waals surface area contributed by atoms with Crippen LogP contribution in [0.1, 0.15) is 38.5 Å². The lowest BCUT2D eigenvalue weighted by Crippen LogP contribution is -2.50. The molecule has 0 aromatic heterocycles. The Balaban J connectivity index is 1.49. The summed E-state index contributed by atoms with van der Waals surface area (Å²) in [5.74, 6) is 1.89. The quantitative estimate of drug-likeness (QED) is 0.756. The van der Waals surface area contributed by atoms with Gasteiger partial charge in [0.15, 0.2) is 0 Å². The van der Waals surface area contributed by atoms with E-state index in [0.29, 0.717) is 18.7 Å². The SMILES string of the molecule is OCC(CN1CC2CCCC(C2)C1)NC1CC1. The number of hydrogen-bond donors (Lipinski definition) is 2. The van der Waals surface area contributed by atoms with Gasteiger partial charge in [-0.1, -0.05) is 6.42 Å². The summed E-state index contributed by atoms with van der Waals surface area (Å²) in [7, 11) is 0. The van der Waals surface area contributed by atoms with E-state index >= 15 is 0 Å². The highest BCUT2D eigenvalue weighted by atomic mass is 16.3. The van der Waals surface area contributed by atoms with Gasteiger partial charge in [0.25, 0.3) is 0 Å². The first kappa shape index (κ1) is 11.9. The zero-order valence-corrected chi connectivity index (χ0v) is 10.8. The fraction of sp³-hybridized carbons (Fsp3) is 1.00. The van der Waals surface area contributed by atoms with Crippen LogP contribution >= 0.6 is 0 Å². The zero-order chi connectivity index (χ0) is 11.7. The van der Waals surface area contributed by atoms with Gasteiger partial charge in [-0.2, -0.15) is 0 Å². The molecule has 17 heavy (non-hydrogen) atoms. The molecule has 98 valence electrons. The van der Waals surface area contributed by atoms with E-state index in [2.05, 4.69) is 10.2 Å². The average molecular weight is 238 g/mol. The van der Waals surface area contributed by atoms with Gasteiger partial charge in [0, 0.05) is 31.7 Å². The third kappa shape index (κ3) is 3.21. The van der Waals surface area contributed by atoms with Crippen LogP contribution in [0, 0.1) is 11.8 Å². The second kappa shape index (κ2) is 5.25. The maximum Gasteiger partial charge on any atom is 0.0597 e. The lowest BCUT2D eigenvalue weighted by molar-refractivity contribution is 0.0700. The zero-order valence-electron chi connectivity index (χ0n) is 10.8. The molecule has 1 aliphatic heterocycles. The summed E-state index contributed by atoms with van der Waals surface area (Å²) in [6.45, 7) is 3.90. The first-order chi connectivity index (χ1) is 8.33. The van der Waals surface area contributed by atoms with Crippen molar-refractivity contribution in [2.24, 2.45) is 11.8 Å². The molecule has 0 aromatic carbocycles. The van der Waals surface area contributed by atoms with Crippen LogP contribution < -0.4 is 5.32 Å². The van der Waals surface area contributed by atoms with Crippen molar-refractivity contribution >= 4 is 0 Å². The molecule has 3 atom stereocenters. The first-order valence-corrected chi connectivity index (χ1v) is 7.42. The molecule has 0 aromatic rings. The number of aliphatic hydroxyl groups excluding tert-OH is 1. The van der Waals surface area contributed by atoms with Crippen LogP contribution in [-0.2, 0) is 0 Å². The van der Waals surface area contributed by atoms with E-state index in [1.54, 1.807) is 0 Å². The number of hydrogen-bond acceptors (Lipinski definition) is 3. The third-order valence-corrected chi connectivity index (χ3v) is 4.67. The lowest BCUT2D eigenvalue weighted by Gasteiger charge is -2.42. The molecular weight excluding hydrogens is 212 g/mol. The van der Waals surface area contributed by atoms with Crippen LogP contribution in [0.4, 0.5) is 0 Å². The Labute approximate surface area is 105 Å². The molecular formula is C14H26N2O. The van der Waals surface area contributed by atoms with Crippen molar-refractivity contribution < 1.29 is 5.11 Å². The minimum Gasteiger partial charge on any atom is -0.395 e. The van der Waals surface area contributed by atoms with E-state index in [-0.39, 0.29) is 0 Å². The largest absolute Gasteiger partial charge is 0.395 e. The second-order valence-electron chi connectivity index (χ2n) is 6.44. The van der Waals surface area contributed by atoms with E-state index in [9.17, 15) is 5.11 Å². The van der Waals surface area contributed by atoms with Crippen molar-refractivity contribution in [1.29, 1.82) is 0 Å². The van der Waals surface area contributed by atoms with Crippen molar-refractivity contribution in [3.8, 4) is 0 Å². The number of fused-ring (bicyclic) bond motifs is 2. The van der Waals surface area contributed by atoms with Crippen molar-refractivity contribution in [3.05, 3.63) is 0 Å². The van der Waals surface area contributed by atoms with Crippen LogP contribution in [0.25, 0.3) is 0 Å². The molecule has 2 N–H and O–H groups in total. The van der Waals surface area contributed by atoms with Gasteiger partial charge in [-0.05, 0) is 43.9 Å². The van der Waals surface area contributed by atoms with Crippen LogP contribution in [0.15, 0.2) is 0 Å². The minimum absolute atomic E-state index is 0.294. The summed E-state index contributed by atoms with van der Waals surface area (Å²) in [6, 6.07) is 1.01. The average Bonchev–Trinajstić information content (AvgIpc) is 3.11. The van der Waals surface area contributed by atoms with Crippen molar-refractivity contribution in [1.82, 2.24) is 10.2 Å². The van der Waals surface area contributed by atoms with Crippen molar-refractivity contribution in [2.45, 2.75) is 50.6 Å². The predicted octanol–water partition coefficient (Wildman–Crippen LogP) is 1.22. The number of rotatable bonds is 5. The summed E-state index contributed by atoms with van der Waals surface area (Å²) >= 11 is 0. The summed E-state index contributed by atoms with van der Waals surface area (Å²) in [5, 5.41) is 13.0. The maximum absolute atomic E-state index is 9.45. The van der Waals surface area contributed by atoms with Gasteiger partial charge >= 0.3 is 0 Å². The Morgan fingerprint density at radius 2 is 1.82 bits per heavy atom. The highest BCUT2D eigenvalue weighted by Crippen LogP contribution is 2.34. The molecule has 3 unspecified atom stereocenters. The monoisotopic (exact) mass is 238 g/mol. The summed E-state index contributed by atoms with van der Waals surface area (Å²) < 4.78 is 0. The molecule has 2 saturated carbocycles. The molecule has 3 fully saturated rings. The highest BCUT2D eigenvalue weighted by molar-refractivity contribution is 4.89.